The predicted octanol–water partition coefficient (Wildman–Crippen LogP) is 0.947. The fourth-order valence-electron chi connectivity index (χ4n) is 0.438. The summed E-state index contributed by atoms with van der Waals surface area (Å²) in [5.74, 6) is -0.970. The van der Waals surface area contributed by atoms with Gasteiger partial charge >= 0.3 is 5.97 Å². The first-order valence-electron chi connectivity index (χ1n) is 2.78. The lowest BCUT2D eigenvalue weighted by Gasteiger charge is -2.11. The molecule has 5 heteroatoms. The van der Waals surface area contributed by atoms with Gasteiger partial charge < -0.3 is 10.8 Å². The van der Waals surface area contributed by atoms with E-state index in [-0.39, 0.29) is 4.83 Å². The van der Waals surface area contributed by atoms with Crippen LogP contribution in [0.3, 0.4) is 0 Å². The number of carboxylic acids is 1. The molecule has 3 nitrogen and oxygen atoms in total. The molecular weight excluding hydrogens is 266 g/mol. The van der Waals surface area contributed by atoms with E-state index in [1.807, 2.05) is 0 Å². The maximum absolute atomic E-state index is 10.2. The highest BCUT2D eigenvalue weighted by atomic mass is 79.9. The van der Waals surface area contributed by atoms with Gasteiger partial charge in [-0.05, 0) is 6.42 Å². The van der Waals surface area contributed by atoms with Crippen molar-refractivity contribution in [2.24, 2.45) is 5.73 Å². The summed E-state index contributed by atoms with van der Waals surface area (Å²) in [5.41, 5.74) is 5.28. The molecule has 0 amide bonds. The van der Waals surface area contributed by atoms with Crippen LogP contribution in [0.25, 0.3) is 0 Å². The van der Waals surface area contributed by atoms with Gasteiger partial charge in [0, 0.05) is 10.2 Å². The standard InChI is InChI=1S/C5H9Br2NO2/c6-2-1-3(7)4(8)5(9)10/h3-4H,1-2,8H2,(H,9,10). The molecule has 0 heterocycles. The molecule has 60 valence electrons. The van der Waals surface area contributed by atoms with Gasteiger partial charge in [-0.1, -0.05) is 31.9 Å². The van der Waals surface area contributed by atoms with Gasteiger partial charge in [0.2, 0.25) is 0 Å². The van der Waals surface area contributed by atoms with Crippen LogP contribution < -0.4 is 5.73 Å². The summed E-state index contributed by atoms with van der Waals surface area (Å²) < 4.78 is 0. The average Bonchev–Trinajstić information content (AvgIpc) is 1.87. The van der Waals surface area contributed by atoms with Crippen LogP contribution in [0.15, 0.2) is 0 Å². The smallest absolute Gasteiger partial charge is 0.321 e. The maximum Gasteiger partial charge on any atom is 0.321 e. The van der Waals surface area contributed by atoms with E-state index in [1.54, 1.807) is 0 Å². The number of carbonyl (C=O) groups is 1. The number of halogens is 2. The van der Waals surface area contributed by atoms with E-state index >= 15 is 0 Å². The summed E-state index contributed by atoms with van der Waals surface area (Å²) in [6.07, 6.45) is 0.716. The third-order valence-corrected chi connectivity index (χ3v) is 2.54. The van der Waals surface area contributed by atoms with Crippen molar-refractivity contribution in [3.8, 4) is 0 Å². The van der Waals surface area contributed by atoms with Crippen molar-refractivity contribution in [3.05, 3.63) is 0 Å². The number of rotatable bonds is 4. The first kappa shape index (κ1) is 10.4. The molecule has 0 aromatic rings. The summed E-state index contributed by atoms with van der Waals surface area (Å²) >= 11 is 6.36. The molecule has 0 aliphatic carbocycles. The van der Waals surface area contributed by atoms with Crippen molar-refractivity contribution in [3.63, 3.8) is 0 Å². The Balaban J connectivity index is 3.69. The summed E-state index contributed by atoms with van der Waals surface area (Å²) in [7, 11) is 0. The fraction of sp³-hybridized carbons (Fsp3) is 0.800. The summed E-state index contributed by atoms with van der Waals surface area (Å²) in [6, 6.07) is -0.808. The quantitative estimate of drug-likeness (QED) is 0.751. The van der Waals surface area contributed by atoms with Crippen molar-refractivity contribution >= 4 is 37.8 Å². The molecule has 0 aromatic heterocycles. The second kappa shape index (κ2) is 5.09. The Labute approximate surface area is 76.2 Å². The first-order chi connectivity index (χ1) is 4.59. The van der Waals surface area contributed by atoms with E-state index in [0.29, 0.717) is 6.42 Å². The highest BCUT2D eigenvalue weighted by Gasteiger charge is 2.20. The molecule has 0 radical (unpaired) electrons. The number of hydrogen-bond donors (Lipinski definition) is 2. The molecule has 0 spiro atoms. The monoisotopic (exact) mass is 273 g/mol. The van der Waals surface area contributed by atoms with Crippen LogP contribution in [0, 0.1) is 0 Å². The second-order valence-corrected chi connectivity index (χ2v) is 3.83. The van der Waals surface area contributed by atoms with Gasteiger partial charge in [-0.15, -0.1) is 0 Å². The molecule has 3 N–H and O–H groups in total. The Bertz CT molecular complexity index is 120. The summed E-state index contributed by atoms with van der Waals surface area (Å²) in [6.45, 7) is 0. The zero-order valence-electron chi connectivity index (χ0n) is 5.26. The molecular formula is C5H9Br2NO2. The van der Waals surface area contributed by atoms with Crippen molar-refractivity contribution in [1.82, 2.24) is 0 Å². The van der Waals surface area contributed by atoms with Crippen LogP contribution in [-0.2, 0) is 4.79 Å². The zero-order chi connectivity index (χ0) is 8.15. The van der Waals surface area contributed by atoms with Gasteiger partial charge in [0.1, 0.15) is 6.04 Å². The minimum Gasteiger partial charge on any atom is -0.480 e. The Morgan fingerprint density at radius 1 is 1.70 bits per heavy atom. The normalized spacial score (nSPS) is 16.3. The topological polar surface area (TPSA) is 63.3 Å². The van der Waals surface area contributed by atoms with Gasteiger partial charge in [-0.25, -0.2) is 0 Å². The van der Waals surface area contributed by atoms with Crippen LogP contribution in [0.2, 0.25) is 0 Å². The molecule has 0 saturated carbocycles. The average molecular weight is 275 g/mol. The predicted molar refractivity (Wildman–Crippen MR) is 46.7 cm³/mol. The number of hydrogen-bond acceptors (Lipinski definition) is 2. The van der Waals surface area contributed by atoms with E-state index < -0.39 is 12.0 Å². The van der Waals surface area contributed by atoms with Gasteiger partial charge in [0.25, 0.3) is 0 Å². The molecule has 0 bridgehead atoms. The van der Waals surface area contributed by atoms with Crippen molar-refractivity contribution in [2.45, 2.75) is 17.3 Å². The Kier molecular flexibility index (Phi) is 5.29. The summed E-state index contributed by atoms with van der Waals surface area (Å²) in [4.78, 5) is 10.1. The lowest BCUT2D eigenvalue weighted by Crippen LogP contribution is -2.38. The minimum atomic E-state index is -0.970. The Hall–Kier alpha value is 0.390. The maximum atomic E-state index is 10.2. The van der Waals surface area contributed by atoms with Gasteiger partial charge in [-0.3, -0.25) is 4.79 Å². The fourth-order valence-corrected chi connectivity index (χ4v) is 2.00. The van der Waals surface area contributed by atoms with Crippen LogP contribution in [0.4, 0.5) is 0 Å². The summed E-state index contributed by atoms with van der Waals surface area (Å²) in [5, 5.41) is 9.16. The lowest BCUT2D eigenvalue weighted by atomic mass is 10.2. The largest absolute Gasteiger partial charge is 0.480 e. The van der Waals surface area contributed by atoms with Crippen molar-refractivity contribution in [1.29, 1.82) is 0 Å². The van der Waals surface area contributed by atoms with Gasteiger partial charge in [-0.2, -0.15) is 0 Å². The van der Waals surface area contributed by atoms with Crippen LogP contribution in [0.5, 0.6) is 0 Å². The van der Waals surface area contributed by atoms with E-state index in [9.17, 15) is 4.79 Å². The SMILES string of the molecule is NC(C(=O)O)C(Br)CCBr. The van der Waals surface area contributed by atoms with Crippen molar-refractivity contribution in [2.75, 3.05) is 5.33 Å². The van der Waals surface area contributed by atoms with E-state index in [2.05, 4.69) is 31.9 Å². The molecule has 0 saturated heterocycles. The van der Waals surface area contributed by atoms with E-state index in [1.165, 1.54) is 0 Å². The number of aliphatic carboxylic acids is 1. The van der Waals surface area contributed by atoms with Crippen LogP contribution in [-0.4, -0.2) is 27.3 Å². The van der Waals surface area contributed by atoms with Crippen molar-refractivity contribution < 1.29 is 9.90 Å². The molecule has 0 aliphatic heterocycles. The van der Waals surface area contributed by atoms with Crippen LogP contribution in [0.1, 0.15) is 6.42 Å². The molecule has 0 fully saturated rings. The lowest BCUT2D eigenvalue weighted by molar-refractivity contribution is -0.138. The Morgan fingerprint density at radius 2 is 2.20 bits per heavy atom. The first-order valence-corrected chi connectivity index (χ1v) is 4.81. The zero-order valence-corrected chi connectivity index (χ0v) is 8.43. The highest BCUT2D eigenvalue weighted by molar-refractivity contribution is 9.10. The molecule has 2 unspecified atom stereocenters. The van der Waals surface area contributed by atoms with Crippen LogP contribution >= 0.6 is 31.9 Å². The second-order valence-electron chi connectivity index (χ2n) is 1.86. The van der Waals surface area contributed by atoms with Gasteiger partial charge in [0.15, 0.2) is 0 Å². The molecule has 2 atom stereocenters. The molecule has 0 aliphatic rings. The van der Waals surface area contributed by atoms with Gasteiger partial charge in [0.05, 0.1) is 0 Å². The van der Waals surface area contributed by atoms with E-state index in [0.717, 1.165) is 5.33 Å². The molecule has 10 heavy (non-hydrogen) atoms. The number of alkyl halides is 2. The Morgan fingerprint density at radius 3 is 2.50 bits per heavy atom. The highest BCUT2D eigenvalue weighted by Crippen LogP contribution is 2.10. The third-order valence-electron chi connectivity index (χ3n) is 1.06. The van der Waals surface area contributed by atoms with E-state index in [4.69, 9.17) is 10.8 Å². The number of carboxylic acid groups (broad SMARTS) is 1. The number of nitrogens with two attached hydrogens (primary N) is 1. The minimum absolute atomic E-state index is 0.149. The molecule has 0 rings (SSSR count). The molecule has 0 aromatic carbocycles. The third kappa shape index (κ3) is 3.53.